The number of benzene rings is 1. The van der Waals surface area contributed by atoms with Crippen LogP contribution in [0.1, 0.15) is 0 Å². The van der Waals surface area contributed by atoms with Crippen LogP contribution in [0.4, 0.5) is 5.69 Å². The van der Waals surface area contributed by atoms with Crippen molar-refractivity contribution in [2.45, 2.75) is 6.10 Å². The van der Waals surface area contributed by atoms with Crippen molar-refractivity contribution in [2.75, 3.05) is 69.9 Å². The van der Waals surface area contributed by atoms with Crippen LogP contribution < -0.4 is 9.64 Å². The van der Waals surface area contributed by atoms with Crippen molar-refractivity contribution in [3.05, 3.63) is 42.7 Å². The first kappa shape index (κ1) is 29.4. The molecule has 2 aromatic heterocycles. The van der Waals surface area contributed by atoms with Crippen molar-refractivity contribution in [1.82, 2.24) is 23.6 Å². The Morgan fingerprint density at radius 3 is 2.26 bits per heavy atom. The van der Waals surface area contributed by atoms with Gasteiger partial charge in [0.05, 0.1) is 30.3 Å². The number of ether oxygens (including phenoxy) is 2. The molecule has 0 radical (unpaired) electrons. The maximum absolute atomic E-state index is 11.9. The van der Waals surface area contributed by atoms with Crippen LogP contribution >= 0.6 is 13.5 Å². The van der Waals surface area contributed by atoms with E-state index in [1.54, 1.807) is 12.4 Å². The highest BCUT2D eigenvalue weighted by molar-refractivity contribution is 7.88. The van der Waals surface area contributed by atoms with E-state index in [9.17, 15) is 16.8 Å². The molecular formula is C24H32N6O6S3. The van der Waals surface area contributed by atoms with E-state index in [0.29, 0.717) is 61.9 Å². The predicted octanol–water partition coefficient (Wildman–Crippen LogP) is 0.925. The second kappa shape index (κ2) is 11.9. The van der Waals surface area contributed by atoms with Gasteiger partial charge in [-0.15, -0.1) is 0 Å². The van der Waals surface area contributed by atoms with E-state index >= 15 is 0 Å². The Labute approximate surface area is 235 Å². The Bertz CT molecular complexity index is 1510. The van der Waals surface area contributed by atoms with Crippen molar-refractivity contribution in [3.63, 3.8) is 0 Å². The lowest BCUT2D eigenvalue weighted by Gasteiger charge is -2.34. The molecule has 12 nitrogen and oxygen atoms in total. The third-order valence-corrected chi connectivity index (χ3v) is 9.21. The molecule has 39 heavy (non-hydrogen) atoms. The van der Waals surface area contributed by atoms with Crippen molar-refractivity contribution < 1.29 is 26.3 Å². The molecule has 212 valence electrons. The summed E-state index contributed by atoms with van der Waals surface area (Å²) in [6.07, 6.45) is 5.16. The van der Waals surface area contributed by atoms with E-state index in [2.05, 4.69) is 14.9 Å². The Morgan fingerprint density at radius 2 is 1.59 bits per heavy atom. The molecule has 5 rings (SSSR count). The van der Waals surface area contributed by atoms with Crippen LogP contribution in [0.5, 0.6) is 5.88 Å². The summed E-state index contributed by atoms with van der Waals surface area (Å²) in [6.45, 7) is 3.10. The Morgan fingerprint density at radius 1 is 0.923 bits per heavy atom. The van der Waals surface area contributed by atoms with Crippen LogP contribution in [0.3, 0.4) is 0 Å². The molecule has 2 fully saturated rings. The van der Waals surface area contributed by atoms with Gasteiger partial charge in [-0.3, -0.25) is 4.98 Å². The van der Waals surface area contributed by atoms with E-state index in [1.807, 2.05) is 30.3 Å². The van der Waals surface area contributed by atoms with Crippen molar-refractivity contribution in [2.24, 2.45) is 0 Å². The number of aromatic nitrogens is 3. The Hall–Kier alpha value is -2.56. The van der Waals surface area contributed by atoms with Crippen LogP contribution in [0.15, 0.2) is 42.7 Å². The van der Waals surface area contributed by atoms with Crippen LogP contribution in [-0.2, 0) is 24.8 Å². The molecule has 1 aromatic carbocycles. The molecule has 2 aliphatic heterocycles. The Kier molecular flexibility index (Phi) is 8.98. The highest BCUT2D eigenvalue weighted by Gasteiger charge is 2.27. The number of hydrogen-bond donors (Lipinski definition) is 0. The van der Waals surface area contributed by atoms with Crippen LogP contribution in [-0.4, -0.2) is 111 Å². The minimum atomic E-state index is -3.31. The second-order valence-corrected chi connectivity index (χ2v) is 13.3. The minimum absolute atomic E-state index is 0. The fraction of sp³-hybridized carbons (Fsp3) is 0.458. The summed E-state index contributed by atoms with van der Waals surface area (Å²) < 4.78 is 62.1. The van der Waals surface area contributed by atoms with Crippen LogP contribution in [0.25, 0.3) is 22.3 Å². The molecule has 2 aliphatic rings. The number of fused-ring (bicyclic) bond motifs is 1. The van der Waals surface area contributed by atoms with Gasteiger partial charge < -0.3 is 14.4 Å². The number of anilines is 1. The maximum Gasteiger partial charge on any atom is 0.242 e. The van der Waals surface area contributed by atoms with E-state index in [4.69, 9.17) is 14.5 Å². The smallest absolute Gasteiger partial charge is 0.242 e. The minimum Gasteiger partial charge on any atom is -0.473 e. The summed E-state index contributed by atoms with van der Waals surface area (Å²) in [5.41, 5.74) is 3.65. The van der Waals surface area contributed by atoms with E-state index in [1.165, 1.54) is 21.1 Å². The second-order valence-electron chi connectivity index (χ2n) is 9.36. The van der Waals surface area contributed by atoms with Gasteiger partial charge in [0, 0.05) is 62.9 Å². The van der Waals surface area contributed by atoms with Gasteiger partial charge in [-0.25, -0.2) is 26.8 Å². The zero-order valence-corrected chi connectivity index (χ0v) is 24.4. The number of morpholine rings is 1. The molecule has 3 aromatic rings. The van der Waals surface area contributed by atoms with E-state index in [0.717, 1.165) is 11.3 Å². The third-order valence-electron chi connectivity index (χ3n) is 6.64. The molecule has 0 saturated carbocycles. The summed E-state index contributed by atoms with van der Waals surface area (Å²) >= 11 is 0. The van der Waals surface area contributed by atoms with Crippen molar-refractivity contribution in [1.29, 1.82) is 0 Å². The molecule has 0 N–H and O–H groups in total. The molecule has 2 saturated heterocycles. The van der Waals surface area contributed by atoms with Gasteiger partial charge in [0.2, 0.25) is 25.9 Å². The number of piperazine rings is 1. The first-order chi connectivity index (χ1) is 18.1. The molecule has 4 heterocycles. The van der Waals surface area contributed by atoms with Crippen LogP contribution in [0, 0.1) is 0 Å². The number of sulfonamides is 2. The predicted molar refractivity (Wildman–Crippen MR) is 153 cm³/mol. The largest absolute Gasteiger partial charge is 0.473 e. The summed E-state index contributed by atoms with van der Waals surface area (Å²) in [7, 11) is -6.49. The zero-order valence-electron chi connectivity index (χ0n) is 21.7. The maximum atomic E-state index is 11.9. The zero-order chi connectivity index (χ0) is 26.9. The molecular weight excluding hydrogens is 565 g/mol. The van der Waals surface area contributed by atoms with Crippen molar-refractivity contribution in [3.8, 4) is 17.1 Å². The van der Waals surface area contributed by atoms with Gasteiger partial charge in [-0.2, -0.15) is 22.1 Å². The SMILES string of the molecule is CS(=O)(=O)N1CCN(c2ccc(-c3cc4nccnc4c(OC[C@@H]4CN(S(C)(=O)=O)CCO4)n3)cc2)CC1.S. The lowest BCUT2D eigenvalue weighted by Crippen LogP contribution is -2.48. The summed E-state index contributed by atoms with van der Waals surface area (Å²) in [4.78, 5) is 15.7. The highest BCUT2D eigenvalue weighted by atomic mass is 32.2. The molecule has 0 spiro atoms. The average Bonchev–Trinajstić information content (AvgIpc) is 2.91. The molecule has 0 unspecified atom stereocenters. The third kappa shape index (κ3) is 6.96. The molecule has 15 heteroatoms. The fourth-order valence-corrected chi connectivity index (χ4v) is 6.25. The van der Waals surface area contributed by atoms with Gasteiger partial charge in [-0.1, -0.05) is 12.1 Å². The molecule has 0 aliphatic carbocycles. The van der Waals surface area contributed by atoms with E-state index in [-0.39, 0.29) is 26.6 Å². The average molecular weight is 597 g/mol. The quantitative estimate of drug-likeness (QED) is 0.388. The highest BCUT2D eigenvalue weighted by Crippen LogP contribution is 2.29. The van der Waals surface area contributed by atoms with Gasteiger partial charge in [0.25, 0.3) is 0 Å². The Balaban J connectivity index is 0.00000353. The van der Waals surface area contributed by atoms with Gasteiger partial charge in [0.15, 0.2) is 5.52 Å². The number of hydrogen-bond acceptors (Lipinski definition) is 10. The monoisotopic (exact) mass is 596 g/mol. The van der Waals surface area contributed by atoms with Crippen molar-refractivity contribution >= 4 is 50.3 Å². The molecule has 0 bridgehead atoms. The summed E-state index contributed by atoms with van der Waals surface area (Å²) in [6, 6.07) is 9.74. The molecule has 1 atom stereocenters. The lowest BCUT2D eigenvalue weighted by atomic mass is 10.1. The number of pyridine rings is 1. The van der Waals surface area contributed by atoms with Gasteiger partial charge >= 0.3 is 0 Å². The summed E-state index contributed by atoms with van der Waals surface area (Å²) in [5.74, 6) is 0.298. The standard InChI is InChI=1S/C24H30N6O6S2.H2S/c1-37(31,32)29-11-9-28(10-12-29)19-5-3-18(4-6-19)21-15-22-23(26-8-7-25-22)24(27-21)36-17-20-16-30(13-14-35-20)38(2,33)34;/h3-8,15,20H,9-14,16-17H2,1-2H3;1H2/t20-;/m0./s1. The van der Waals surface area contributed by atoms with Gasteiger partial charge in [0.1, 0.15) is 12.7 Å². The topological polar surface area (TPSA) is 135 Å². The first-order valence-electron chi connectivity index (χ1n) is 12.2. The first-order valence-corrected chi connectivity index (χ1v) is 15.9. The van der Waals surface area contributed by atoms with E-state index < -0.39 is 26.2 Å². The number of nitrogens with zero attached hydrogens (tertiary/aromatic N) is 6. The number of rotatable bonds is 7. The normalized spacial score (nSPS) is 19.5. The molecule has 0 amide bonds. The lowest BCUT2D eigenvalue weighted by molar-refractivity contribution is -0.0252. The van der Waals surface area contributed by atoms with Crippen LogP contribution in [0.2, 0.25) is 0 Å². The fourth-order valence-electron chi connectivity index (χ4n) is 4.58. The summed E-state index contributed by atoms with van der Waals surface area (Å²) in [5, 5.41) is 0. The van der Waals surface area contributed by atoms with Gasteiger partial charge in [-0.05, 0) is 18.2 Å².